The monoisotopic (exact) mass is 191 g/mol. The summed E-state index contributed by atoms with van der Waals surface area (Å²) >= 11 is 0. The molecule has 0 aliphatic heterocycles. The molecule has 0 aliphatic carbocycles. The molecule has 11 heavy (non-hydrogen) atoms. The van der Waals surface area contributed by atoms with Gasteiger partial charge in [0.25, 0.3) is 15.8 Å². The van der Waals surface area contributed by atoms with Crippen molar-refractivity contribution in [3.8, 4) is 0 Å². The van der Waals surface area contributed by atoms with Crippen LogP contribution >= 0.6 is 0 Å². The zero-order valence-electron chi connectivity index (χ0n) is 5.51. The zero-order chi connectivity index (χ0) is 7.40. The van der Waals surface area contributed by atoms with Gasteiger partial charge >= 0.3 is 0 Å². The van der Waals surface area contributed by atoms with E-state index < -0.39 is 10.3 Å². The van der Waals surface area contributed by atoms with E-state index in [-0.39, 0.29) is 12.4 Å². The Balaban J connectivity index is 0.000001000. The van der Waals surface area contributed by atoms with Crippen molar-refractivity contribution in [2.24, 2.45) is 0 Å². The summed E-state index contributed by atoms with van der Waals surface area (Å²) in [7, 11) is -2.13. The normalized spacial score (nSPS) is 8.00. The minimum absolute atomic E-state index is 0. The Morgan fingerprint density at radius 1 is 1.09 bits per heavy atom. The SMILES string of the molecule is O=S(=O)=C[n+]1ccccc1.[Cl-]. The molecule has 0 fully saturated rings. The predicted molar refractivity (Wildman–Crippen MR) is 37.0 cm³/mol. The Hall–Kier alpha value is -0.870. The number of halogens is 1. The van der Waals surface area contributed by atoms with Gasteiger partial charge in [0.05, 0.1) is 0 Å². The lowest BCUT2D eigenvalue weighted by Gasteiger charge is -1.78. The van der Waals surface area contributed by atoms with Crippen molar-refractivity contribution < 1.29 is 25.4 Å². The minimum atomic E-state index is -2.13. The van der Waals surface area contributed by atoms with E-state index in [2.05, 4.69) is 0 Å². The van der Waals surface area contributed by atoms with E-state index in [9.17, 15) is 8.42 Å². The Bertz CT molecular complexity index is 325. The highest BCUT2D eigenvalue weighted by Crippen LogP contribution is 1.72. The molecule has 0 radical (unpaired) electrons. The van der Waals surface area contributed by atoms with Crippen LogP contribution in [0.4, 0.5) is 0 Å². The van der Waals surface area contributed by atoms with Crippen molar-refractivity contribution in [2.75, 3.05) is 0 Å². The summed E-state index contributed by atoms with van der Waals surface area (Å²) in [5.74, 6) is 0. The van der Waals surface area contributed by atoms with Gasteiger partial charge in [-0.2, -0.15) is 13.0 Å². The van der Waals surface area contributed by atoms with Crippen LogP contribution in [0.2, 0.25) is 0 Å². The first-order valence-electron chi connectivity index (χ1n) is 2.68. The molecule has 1 aromatic heterocycles. The molecule has 0 unspecified atom stereocenters. The lowest BCUT2D eigenvalue weighted by Crippen LogP contribution is -3.00. The minimum Gasteiger partial charge on any atom is -1.00 e. The van der Waals surface area contributed by atoms with Crippen LogP contribution < -0.4 is 17.0 Å². The summed E-state index contributed by atoms with van der Waals surface area (Å²) in [5, 5.41) is 0. The van der Waals surface area contributed by atoms with Gasteiger partial charge < -0.3 is 12.4 Å². The number of hydrogen-bond donors (Lipinski definition) is 0. The highest BCUT2D eigenvalue weighted by Gasteiger charge is 1.89. The average molecular weight is 192 g/mol. The van der Waals surface area contributed by atoms with Crippen LogP contribution in [0.1, 0.15) is 0 Å². The Morgan fingerprint density at radius 3 is 2.09 bits per heavy atom. The number of rotatable bonds is 1. The second-order valence-corrected chi connectivity index (χ2v) is 2.42. The van der Waals surface area contributed by atoms with Gasteiger partial charge in [0, 0.05) is 12.1 Å². The number of nitrogens with zero attached hydrogens (tertiary/aromatic N) is 1. The number of aromatic nitrogens is 1. The molecule has 0 spiro atoms. The number of hydrogen-bond acceptors (Lipinski definition) is 2. The highest BCUT2D eigenvalue weighted by atomic mass is 35.5. The molecule has 0 amide bonds. The molecule has 0 aliphatic rings. The third-order valence-electron chi connectivity index (χ3n) is 0.946. The Labute approximate surface area is 72.2 Å². The summed E-state index contributed by atoms with van der Waals surface area (Å²) < 4.78 is 21.6. The third-order valence-corrected chi connectivity index (χ3v) is 1.36. The van der Waals surface area contributed by atoms with E-state index in [4.69, 9.17) is 0 Å². The summed E-state index contributed by atoms with van der Waals surface area (Å²) in [4.78, 5) is 0. The second kappa shape index (κ2) is 4.87. The van der Waals surface area contributed by atoms with E-state index in [1.165, 1.54) is 4.57 Å². The molecular weight excluding hydrogens is 186 g/mol. The molecule has 1 rings (SSSR count). The third kappa shape index (κ3) is 3.75. The fourth-order valence-corrected chi connectivity index (χ4v) is 0.921. The van der Waals surface area contributed by atoms with Crippen molar-refractivity contribution in [1.82, 2.24) is 0 Å². The lowest BCUT2D eigenvalue weighted by molar-refractivity contribution is -0.542. The van der Waals surface area contributed by atoms with Crippen molar-refractivity contribution in [2.45, 2.75) is 0 Å². The van der Waals surface area contributed by atoms with E-state index in [0.29, 0.717) is 0 Å². The maximum Gasteiger partial charge on any atom is 0.294 e. The quantitative estimate of drug-likeness (QED) is 0.341. The molecule has 3 nitrogen and oxygen atoms in total. The van der Waals surface area contributed by atoms with Crippen molar-refractivity contribution >= 4 is 15.8 Å². The average Bonchev–Trinajstić information content (AvgIpc) is 1.88. The summed E-state index contributed by atoms with van der Waals surface area (Å²) in [6.45, 7) is 0. The molecule has 60 valence electrons. The Morgan fingerprint density at radius 2 is 1.64 bits per heavy atom. The van der Waals surface area contributed by atoms with Crippen LogP contribution in [0.3, 0.4) is 0 Å². The van der Waals surface area contributed by atoms with Crippen LogP contribution in [0.25, 0.3) is 0 Å². The van der Waals surface area contributed by atoms with Gasteiger partial charge in [-0.1, -0.05) is 6.07 Å². The molecule has 5 heteroatoms. The number of pyridine rings is 1. The highest BCUT2D eigenvalue weighted by molar-refractivity contribution is 7.70. The van der Waals surface area contributed by atoms with Gasteiger partial charge in [-0.05, 0) is 0 Å². The van der Waals surface area contributed by atoms with Crippen LogP contribution in [0.5, 0.6) is 0 Å². The lowest BCUT2D eigenvalue weighted by atomic mass is 10.5. The molecule has 0 saturated carbocycles. The van der Waals surface area contributed by atoms with Crippen LogP contribution in [-0.2, 0) is 10.3 Å². The fraction of sp³-hybridized carbons (Fsp3) is 0. The van der Waals surface area contributed by atoms with Gasteiger partial charge in [0.2, 0.25) is 0 Å². The largest absolute Gasteiger partial charge is 1.00 e. The molecule has 0 atom stereocenters. The first kappa shape index (κ1) is 10.1. The topological polar surface area (TPSA) is 38.0 Å². The standard InChI is InChI=1S/C6H6NO2S.ClH/c8-10(9)6-7-4-2-1-3-5-7;/h1-6H;1H/q+1;/p-1. The van der Waals surface area contributed by atoms with E-state index in [1.54, 1.807) is 24.5 Å². The van der Waals surface area contributed by atoms with E-state index in [0.717, 1.165) is 5.49 Å². The second-order valence-electron chi connectivity index (χ2n) is 1.69. The van der Waals surface area contributed by atoms with Crippen LogP contribution in [-0.4, -0.2) is 13.9 Å². The van der Waals surface area contributed by atoms with Gasteiger partial charge in [-0.3, -0.25) is 0 Å². The summed E-state index contributed by atoms with van der Waals surface area (Å²) in [6.07, 6.45) is 3.30. The molecule has 0 bridgehead atoms. The van der Waals surface area contributed by atoms with Gasteiger partial charge in [0.1, 0.15) is 0 Å². The van der Waals surface area contributed by atoms with E-state index in [1.807, 2.05) is 6.07 Å². The van der Waals surface area contributed by atoms with Crippen molar-refractivity contribution in [3.63, 3.8) is 0 Å². The molecule has 0 saturated heterocycles. The van der Waals surface area contributed by atoms with Crippen LogP contribution in [0, 0.1) is 0 Å². The summed E-state index contributed by atoms with van der Waals surface area (Å²) in [5.41, 5.74) is 1.08. The molecule has 1 aromatic rings. The van der Waals surface area contributed by atoms with Crippen LogP contribution in [0.15, 0.2) is 30.6 Å². The van der Waals surface area contributed by atoms with E-state index >= 15 is 0 Å². The maximum absolute atomic E-state index is 10.1. The predicted octanol–water partition coefficient (Wildman–Crippen LogP) is -3.53. The smallest absolute Gasteiger partial charge is 0.294 e. The fourth-order valence-electron chi connectivity index (χ4n) is 0.582. The van der Waals surface area contributed by atoms with Crippen molar-refractivity contribution in [3.05, 3.63) is 30.6 Å². The molecule has 1 heterocycles. The zero-order valence-corrected chi connectivity index (χ0v) is 7.09. The summed E-state index contributed by atoms with van der Waals surface area (Å²) in [6, 6.07) is 5.32. The molecule has 0 aromatic carbocycles. The maximum atomic E-state index is 10.1. The van der Waals surface area contributed by atoms with Gasteiger partial charge in [-0.15, -0.1) is 0 Å². The first-order chi connectivity index (χ1) is 4.79. The Kier molecular flexibility index (Phi) is 4.49. The van der Waals surface area contributed by atoms with Crippen molar-refractivity contribution in [1.29, 1.82) is 0 Å². The first-order valence-corrected chi connectivity index (χ1v) is 3.82. The van der Waals surface area contributed by atoms with Gasteiger partial charge in [0.15, 0.2) is 12.4 Å². The van der Waals surface area contributed by atoms with Gasteiger partial charge in [-0.25, -0.2) is 0 Å². The molecule has 0 N–H and O–H groups in total. The molecular formula is C6H6ClNO2S.